The van der Waals surface area contributed by atoms with Gasteiger partial charge in [-0.2, -0.15) is 13.7 Å². The summed E-state index contributed by atoms with van der Waals surface area (Å²) in [6.07, 6.45) is 3.31. The Hall–Kier alpha value is -2.11. The molecule has 2 aliphatic heterocycles. The summed E-state index contributed by atoms with van der Waals surface area (Å²) in [5, 5.41) is 12.5. The Kier molecular flexibility index (Phi) is 5.45. The van der Waals surface area contributed by atoms with Gasteiger partial charge < -0.3 is 14.4 Å². The normalized spacial score (nSPS) is 25.4. The predicted octanol–water partition coefficient (Wildman–Crippen LogP) is 1.60. The quantitative estimate of drug-likeness (QED) is 0.783. The number of aryl methyl sites for hydroxylation is 2. The fourth-order valence-electron chi connectivity index (χ4n) is 4.31. The molecular formula is C19H25N3O4S. The SMILES string of the molecule is Cc1cc(OS(C)(=O)=O)cc(C)c1[C@@H]1CN[C@H](C(=O)N2CCC[C@H]2C#N)C1. The summed E-state index contributed by atoms with van der Waals surface area (Å²) in [5.41, 5.74) is 3.02. The molecule has 2 fully saturated rings. The lowest BCUT2D eigenvalue weighted by atomic mass is 9.88. The largest absolute Gasteiger partial charge is 0.383 e. The molecule has 0 aromatic heterocycles. The number of nitriles is 1. The smallest absolute Gasteiger partial charge is 0.306 e. The number of hydrogen-bond acceptors (Lipinski definition) is 6. The second-order valence-corrected chi connectivity index (χ2v) is 9.05. The van der Waals surface area contributed by atoms with Crippen molar-refractivity contribution in [2.45, 2.75) is 51.1 Å². The third-order valence-electron chi connectivity index (χ3n) is 5.34. The Labute approximate surface area is 160 Å². The first kappa shape index (κ1) is 19.6. The zero-order valence-electron chi connectivity index (χ0n) is 15.9. The van der Waals surface area contributed by atoms with Crippen molar-refractivity contribution < 1.29 is 17.4 Å². The van der Waals surface area contributed by atoms with Gasteiger partial charge in [0.15, 0.2) is 0 Å². The molecule has 2 saturated heterocycles. The first-order chi connectivity index (χ1) is 12.7. The zero-order valence-corrected chi connectivity index (χ0v) is 16.7. The van der Waals surface area contributed by atoms with E-state index in [1.165, 1.54) is 0 Å². The van der Waals surface area contributed by atoms with Gasteiger partial charge in [0.2, 0.25) is 5.91 Å². The number of amides is 1. The van der Waals surface area contributed by atoms with E-state index in [1.54, 1.807) is 17.0 Å². The summed E-state index contributed by atoms with van der Waals surface area (Å²) < 4.78 is 27.7. The molecule has 2 heterocycles. The molecule has 0 aliphatic carbocycles. The summed E-state index contributed by atoms with van der Waals surface area (Å²) in [6.45, 7) is 5.18. The van der Waals surface area contributed by atoms with Crippen LogP contribution in [-0.2, 0) is 14.9 Å². The third-order valence-corrected chi connectivity index (χ3v) is 5.83. The topological polar surface area (TPSA) is 99.5 Å². The molecule has 1 aromatic carbocycles. The molecule has 0 radical (unpaired) electrons. The predicted molar refractivity (Wildman–Crippen MR) is 101 cm³/mol. The third kappa shape index (κ3) is 4.25. The molecule has 3 atom stereocenters. The lowest BCUT2D eigenvalue weighted by Crippen LogP contribution is -2.45. The van der Waals surface area contributed by atoms with Crippen molar-refractivity contribution in [3.05, 3.63) is 28.8 Å². The molecule has 146 valence electrons. The number of nitrogens with one attached hydrogen (secondary N) is 1. The van der Waals surface area contributed by atoms with E-state index in [2.05, 4.69) is 11.4 Å². The molecule has 0 unspecified atom stereocenters. The van der Waals surface area contributed by atoms with Gasteiger partial charge >= 0.3 is 10.1 Å². The van der Waals surface area contributed by atoms with Gasteiger partial charge in [0, 0.05) is 13.1 Å². The minimum Gasteiger partial charge on any atom is -0.383 e. The Morgan fingerprint density at radius 1 is 1.33 bits per heavy atom. The van der Waals surface area contributed by atoms with Crippen LogP contribution in [0.3, 0.4) is 0 Å². The molecular weight excluding hydrogens is 366 g/mol. The number of rotatable bonds is 4. The monoisotopic (exact) mass is 391 g/mol. The number of nitrogens with zero attached hydrogens (tertiary/aromatic N) is 2. The summed E-state index contributed by atoms with van der Waals surface area (Å²) in [5.74, 6) is 0.479. The van der Waals surface area contributed by atoms with E-state index in [0.29, 0.717) is 25.3 Å². The van der Waals surface area contributed by atoms with E-state index in [1.807, 2.05) is 13.8 Å². The molecule has 8 heteroatoms. The Bertz CT molecular complexity index is 868. The second kappa shape index (κ2) is 7.49. The van der Waals surface area contributed by atoms with Crippen molar-refractivity contribution in [3.8, 4) is 11.8 Å². The van der Waals surface area contributed by atoms with Gasteiger partial charge in [-0.25, -0.2) is 0 Å². The molecule has 2 aliphatic rings. The second-order valence-electron chi connectivity index (χ2n) is 7.47. The minimum absolute atomic E-state index is 0.00823. The fraction of sp³-hybridized carbons (Fsp3) is 0.579. The molecule has 7 nitrogen and oxygen atoms in total. The van der Waals surface area contributed by atoms with Crippen LogP contribution in [0, 0.1) is 25.2 Å². The van der Waals surface area contributed by atoms with Crippen LogP contribution in [-0.4, -0.2) is 50.7 Å². The van der Waals surface area contributed by atoms with Gasteiger partial charge in [0.05, 0.1) is 18.4 Å². The van der Waals surface area contributed by atoms with Crippen LogP contribution in [0.15, 0.2) is 12.1 Å². The summed E-state index contributed by atoms with van der Waals surface area (Å²) in [6, 6.07) is 5.08. The molecule has 0 bridgehead atoms. The van der Waals surface area contributed by atoms with Gasteiger partial charge in [-0.15, -0.1) is 0 Å². The molecule has 1 N–H and O–H groups in total. The Morgan fingerprint density at radius 3 is 2.59 bits per heavy atom. The van der Waals surface area contributed by atoms with Crippen LogP contribution in [0.2, 0.25) is 0 Å². The van der Waals surface area contributed by atoms with Gasteiger partial charge in [0.1, 0.15) is 11.8 Å². The number of hydrogen-bond donors (Lipinski definition) is 1. The van der Waals surface area contributed by atoms with E-state index in [4.69, 9.17) is 4.18 Å². The minimum atomic E-state index is -3.57. The first-order valence-corrected chi connectivity index (χ1v) is 11.0. The van der Waals surface area contributed by atoms with E-state index >= 15 is 0 Å². The van der Waals surface area contributed by atoms with Crippen molar-refractivity contribution in [1.29, 1.82) is 5.26 Å². The van der Waals surface area contributed by atoms with Crippen molar-refractivity contribution in [2.75, 3.05) is 19.3 Å². The highest BCUT2D eigenvalue weighted by Gasteiger charge is 2.38. The molecule has 27 heavy (non-hydrogen) atoms. The highest BCUT2D eigenvalue weighted by molar-refractivity contribution is 7.86. The number of likely N-dealkylation sites (tertiary alicyclic amines) is 1. The van der Waals surface area contributed by atoms with Gasteiger partial charge in [0.25, 0.3) is 0 Å². The summed E-state index contributed by atoms with van der Waals surface area (Å²) >= 11 is 0. The van der Waals surface area contributed by atoms with Crippen molar-refractivity contribution >= 4 is 16.0 Å². The number of carbonyl (C=O) groups excluding carboxylic acids is 1. The lowest BCUT2D eigenvalue weighted by Gasteiger charge is -2.23. The van der Waals surface area contributed by atoms with Crippen molar-refractivity contribution in [2.24, 2.45) is 0 Å². The number of carbonyl (C=O) groups is 1. The van der Waals surface area contributed by atoms with E-state index in [-0.39, 0.29) is 23.9 Å². The molecule has 1 aromatic rings. The van der Waals surface area contributed by atoms with Crippen molar-refractivity contribution in [3.63, 3.8) is 0 Å². The van der Waals surface area contributed by atoms with Gasteiger partial charge in [-0.1, -0.05) is 0 Å². The first-order valence-electron chi connectivity index (χ1n) is 9.13. The van der Waals surface area contributed by atoms with Crippen LogP contribution in [0.25, 0.3) is 0 Å². The number of benzene rings is 1. The maximum atomic E-state index is 12.8. The Morgan fingerprint density at radius 2 is 2.00 bits per heavy atom. The molecule has 0 spiro atoms. The van der Waals surface area contributed by atoms with Crippen LogP contribution >= 0.6 is 0 Å². The fourth-order valence-corrected chi connectivity index (χ4v) is 4.76. The maximum Gasteiger partial charge on any atom is 0.306 e. The van der Waals surface area contributed by atoms with Gasteiger partial charge in [-0.3, -0.25) is 4.79 Å². The standard InChI is InChI=1S/C19H25N3O4S/c1-12-7-16(26-27(3,24)25)8-13(2)18(12)14-9-17(21-11-14)19(23)22-6-4-5-15(22)10-20/h7-8,14-15,17,21H,4-6,9,11H2,1-3H3/t14-,15-,17-/m0/s1. The Balaban J connectivity index is 1.75. The van der Waals surface area contributed by atoms with E-state index in [0.717, 1.165) is 35.8 Å². The highest BCUT2D eigenvalue weighted by Crippen LogP contribution is 2.34. The van der Waals surface area contributed by atoms with Gasteiger partial charge in [-0.05, 0) is 67.9 Å². The van der Waals surface area contributed by atoms with Crippen molar-refractivity contribution in [1.82, 2.24) is 10.2 Å². The van der Waals surface area contributed by atoms with Crippen LogP contribution in [0.4, 0.5) is 0 Å². The molecule has 3 rings (SSSR count). The van der Waals surface area contributed by atoms with Crippen LogP contribution < -0.4 is 9.50 Å². The van der Waals surface area contributed by atoms with E-state index in [9.17, 15) is 18.5 Å². The van der Waals surface area contributed by atoms with E-state index < -0.39 is 10.1 Å². The maximum absolute atomic E-state index is 12.8. The highest BCUT2D eigenvalue weighted by atomic mass is 32.2. The lowest BCUT2D eigenvalue weighted by molar-refractivity contribution is -0.133. The van der Waals surface area contributed by atoms with Crippen LogP contribution in [0.5, 0.6) is 5.75 Å². The average molecular weight is 391 g/mol. The molecule has 0 saturated carbocycles. The molecule has 1 amide bonds. The summed E-state index contributed by atoms with van der Waals surface area (Å²) in [7, 11) is -3.57. The zero-order chi connectivity index (χ0) is 19.8. The average Bonchev–Trinajstić information content (AvgIpc) is 3.21. The summed E-state index contributed by atoms with van der Waals surface area (Å²) in [4.78, 5) is 14.5. The van der Waals surface area contributed by atoms with Crippen LogP contribution in [0.1, 0.15) is 41.9 Å².